The van der Waals surface area contributed by atoms with E-state index in [0.29, 0.717) is 51.1 Å². The summed E-state index contributed by atoms with van der Waals surface area (Å²) < 4.78 is 79.1. The van der Waals surface area contributed by atoms with Crippen molar-refractivity contribution in [2.45, 2.75) is 205 Å². The summed E-state index contributed by atoms with van der Waals surface area (Å²) in [5, 5.41) is 16.9. The number of halogens is 4. The van der Waals surface area contributed by atoms with Gasteiger partial charge in [-0.2, -0.15) is 0 Å². The van der Waals surface area contributed by atoms with E-state index in [1.54, 1.807) is 102 Å². The van der Waals surface area contributed by atoms with Gasteiger partial charge in [0.2, 0.25) is 11.8 Å². The number of nitrogens with zero attached hydrogens (tertiary/aromatic N) is 6. The maximum atomic E-state index is 15.2. The molecule has 1 unspecified atom stereocenters. The van der Waals surface area contributed by atoms with Gasteiger partial charge in [-0.25, -0.2) is 27.2 Å². The molecule has 4 fully saturated rings. The number of rotatable bonds is 16. The van der Waals surface area contributed by atoms with E-state index in [-0.39, 0.29) is 60.0 Å². The number of hydrogen-bond acceptors (Lipinski definition) is 8. The molecule has 0 radical (unpaired) electrons. The van der Waals surface area contributed by atoms with Crippen LogP contribution in [0.2, 0.25) is 0 Å². The van der Waals surface area contributed by atoms with Crippen LogP contribution in [-0.4, -0.2) is 126 Å². The van der Waals surface area contributed by atoms with Crippen LogP contribution in [0.1, 0.15) is 128 Å². The number of likely N-dealkylation sites (tertiary alicyclic amines) is 2. The molecule has 0 bridgehead atoms. The van der Waals surface area contributed by atoms with Gasteiger partial charge >= 0.3 is 12.2 Å². The minimum atomic E-state index is -0.872. The number of carbonyl (C=O) groups excluding carboxylic acids is 4. The third-order valence-electron chi connectivity index (χ3n) is 20.3. The van der Waals surface area contributed by atoms with Crippen LogP contribution in [0, 0.1) is 23.3 Å². The molecule has 0 saturated carbocycles. The topological polar surface area (TPSA) is 161 Å². The van der Waals surface area contributed by atoms with E-state index in [0.717, 1.165) is 131 Å². The van der Waals surface area contributed by atoms with Gasteiger partial charge in [0.15, 0.2) is 0 Å². The Morgan fingerprint density at radius 2 is 0.792 bits per heavy atom. The van der Waals surface area contributed by atoms with Crippen LogP contribution in [-0.2, 0) is 70.9 Å². The highest BCUT2D eigenvalue weighted by atomic mass is 19.1. The van der Waals surface area contributed by atoms with Crippen LogP contribution >= 0.6 is 0 Å². The van der Waals surface area contributed by atoms with Gasteiger partial charge < -0.3 is 58.8 Å². The monoisotopic (exact) mass is 1310 g/mol. The first-order valence-electron chi connectivity index (χ1n) is 34.6. The quantitative estimate of drug-likeness (QED) is 0.0549. The SMILES string of the molecule is C=CC[C@H](NC(=O)OC(C)(C)C)C(=O)N1CCCC1Cc1c2n(c3cc(F)ccc13)CCn1c-2c(C[C@@H]2CCCN2C(=O)[C@H](CC=C)NC(=O)OC(C)(C)C)c2ccc(F)cc21.Fc1ccc2c(C[C@@H]3CCCN3)c3n(c2c1)CCn1c-3c(C[C@@H]2CCCN2)c2ccc(F)cc21. The molecule has 6 aliphatic heterocycles. The fourth-order valence-electron chi connectivity index (χ4n) is 16.4. The summed E-state index contributed by atoms with van der Waals surface area (Å²) in [5.41, 5.74) is 10.6. The minimum Gasteiger partial charge on any atom is -0.444 e. The number of benzene rings is 4. The van der Waals surface area contributed by atoms with E-state index in [9.17, 15) is 28.0 Å². The number of alkyl carbamates (subject to hydrolysis) is 2. The third kappa shape index (κ3) is 13.2. The van der Waals surface area contributed by atoms with Gasteiger partial charge in [0, 0.05) is 85.0 Å². The number of aryl methyl sites for hydroxylation is 4. The molecule has 8 aromatic rings. The van der Waals surface area contributed by atoms with Crippen LogP contribution in [0.25, 0.3) is 66.4 Å². The third-order valence-corrected chi connectivity index (χ3v) is 20.3. The Hall–Kier alpha value is -8.36. The van der Waals surface area contributed by atoms with E-state index in [2.05, 4.69) is 52.7 Å². The first-order valence-corrected chi connectivity index (χ1v) is 34.6. The Morgan fingerprint density at radius 3 is 1.07 bits per heavy atom. The number of hydrogen-bond donors (Lipinski definition) is 4. The fraction of sp³-hybridized carbons (Fsp3) is 0.474. The molecule has 4 amide bonds. The molecule has 14 rings (SSSR count). The van der Waals surface area contributed by atoms with Crippen molar-refractivity contribution in [3.05, 3.63) is 144 Å². The van der Waals surface area contributed by atoms with Crippen LogP contribution in [0.5, 0.6) is 0 Å². The zero-order valence-corrected chi connectivity index (χ0v) is 56.2. The lowest BCUT2D eigenvalue weighted by Crippen LogP contribution is -2.51. The summed E-state index contributed by atoms with van der Waals surface area (Å²) in [6, 6.07) is 18.8. The number of amides is 4. The average Bonchev–Trinajstić information content (AvgIpc) is 1.56. The summed E-state index contributed by atoms with van der Waals surface area (Å²) in [7, 11) is 0. The zero-order chi connectivity index (χ0) is 67.5. The Labute approximate surface area is 558 Å². The number of aromatic nitrogens is 4. The highest BCUT2D eigenvalue weighted by molar-refractivity contribution is 6.00. The van der Waals surface area contributed by atoms with Gasteiger partial charge in [0.1, 0.15) is 46.6 Å². The Bertz CT molecular complexity index is 4070. The molecule has 6 aliphatic rings. The van der Waals surface area contributed by atoms with Crippen LogP contribution < -0.4 is 21.3 Å². The first kappa shape index (κ1) is 66.3. The summed E-state index contributed by atoms with van der Waals surface area (Å²) in [4.78, 5) is 58.0. The van der Waals surface area contributed by atoms with Gasteiger partial charge in [-0.1, -0.05) is 12.2 Å². The number of fused-ring (bicyclic) bond motifs is 14. The Balaban J connectivity index is 0.000000204. The predicted octanol–water partition coefficient (Wildman–Crippen LogP) is 13.7. The number of carbonyl (C=O) groups is 4. The van der Waals surface area contributed by atoms with Crippen molar-refractivity contribution >= 4 is 67.6 Å². The van der Waals surface area contributed by atoms with Gasteiger partial charge in [-0.3, -0.25) is 9.59 Å². The Morgan fingerprint density at radius 1 is 0.479 bits per heavy atom. The molecule has 0 spiro atoms. The minimum absolute atomic E-state index is 0.193. The van der Waals surface area contributed by atoms with Crippen molar-refractivity contribution in [2.75, 3.05) is 26.2 Å². The number of ether oxygens (including phenoxy) is 2. The van der Waals surface area contributed by atoms with Crippen LogP contribution in [0.4, 0.5) is 27.2 Å². The second-order valence-corrected chi connectivity index (χ2v) is 29.1. The van der Waals surface area contributed by atoms with Crippen molar-refractivity contribution in [2.24, 2.45) is 0 Å². The molecule has 16 nitrogen and oxygen atoms in total. The molecule has 4 aromatic heterocycles. The normalized spacial score (nSPS) is 19.8. The maximum Gasteiger partial charge on any atom is 0.408 e. The lowest BCUT2D eigenvalue weighted by Gasteiger charge is -2.31. The lowest BCUT2D eigenvalue weighted by molar-refractivity contribution is -0.134. The number of nitrogens with one attached hydrogen (secondary N) is 4. The highest BCUT2D eigenvalue weighted by Gasteiger charge is 2.41. The summed E-state index contributed by atoms with van der Waals surface area (Å²) in [5.74, 6) is -1.58. The van der Waals surface area contributed by atoms with Crippen molar-refractivity contribution in [1.29, 1.82) is 0 Å². The lowest BCUT2D eigenvalue weighted by atomic mass is 9.94. The van der Waals surface area contributed by atoms with E-state index in [1.807, 2.05) is 21.9 Å². The van der Waals surface area contributed by atoms with E-state index >= 15 is 8.78 Å². The van der Waals surface area contributed by atoms with Gasteiger partial charge in [-0.05, 0) is 240 Å². The summed E-state index contributed by atoms with van der Waals surface area (Å²) in [6.07, 6.45) is 12.7. The maximum absolute atomic E-state index is 15.2. The molecule has 20 heteroatoms. The molecular formula is C76H90F4N10O6. The second-order valence-electron chi connectivity index (χ2n) is 29.1. The van der Waals surface area contributed by atoms with Crippen LogP contribution in [0.15, 0.2) is 98.1 Å². The molecule has 4 N–H and O–H groups in total. The first-order chi connectivity index (χ1) is 46.0. The second kappa shape index (κ2) is 26.9. The molecule has 96 heavy (non-hydrogen) atoms. The molecule has 4 saturated heterocycles. The molecule has 10 heterocycles. The summed E-state index contributed by atoms with van der Waals surface area (Å²) >= 11 is 0. The zero-order valence-electron chi connectivity index (χ0n) is 56.2. The Kier molecular flexibility index (Phi) is 18.6. The van der Waals surface area contributed by atoms with Gasteiger partial charge in [-0.15, -0.1) is 13.2 Å². The predicted molar refractivity (Wildman–Crippen MR) is 368 cm³/mol. The van der Waals surface area contributed by atoms with E-state index < -0.39 is 35.5 Å². The average molecular weight is 1320 g/mol. The van der Waals surface area contributed by atoms with E-state index in [1.165, 1.54) is 60.3 Å². The molecular weight excluding hydrogens is 1220 g/mol. The van der Waals surface area contributed by atoms with Gasteiger partial charge in [0.05, 0.1) is 44.8 Å². The molecule has 6 atom stereocenters. The summed E-state index contributed by atoms with van der Waals surface area (Å²) in [6.45, 7) is 23.9. The molecule has 4 aromatic carbocycles. The van der Waals surface area contributed by atoms with Crippen LogP contribution in [0.3, 0.4) is 0 Å². The van der Waals surface area contributed by atoms with Crippen molar-refractivity contribution in [3.63, 3.8) is 0 Å². The largest absolute Gasteiger partial charge is 0.444 e. The highest BCUT2D eigenvalue weighted by Crippen LogP contribution is 2.47. The van der Waals surface area contributed by atoms with Crippen molar-refractivity contribution in [3.8, 4) is 22.8 Å². The van der Waals surface area contributed by atoms with E-state index in [4.69, 9.17) is 9.47 Å². The molecule has 508 valence electrons. The smallest absolute Gasteiger partial charge is 0.408 e. The fourth-order valence-corrected chi connectivity index (χ4v) is 16.4. The molecule has 0 aliphatic carbocycles. The van der Waals surface area contributed by atoms with Crippen molar-refractivity contribution in [1.82, 2.24) is 49.3 Å². The standard InChI is InChI=1S/C48H60F2N6O6.C28H30F2N4/c1-9-13-37(51-45(59)61-47(3,4)5)43(57)53-21-11-15-31(53)27-35-33-19-17-29(49)25-39(33)55-23-24-56-40-26-30(50)18-20-34(40)36(42(56)41(35)55)28-32-16-12-22-54(32)44(58)38(14-10-2)52-46(60)62-48(6,7)8;29-17-5-7-21-23(15-19-3-1-9-31-19)27-28-24(16-20-4-2-10-32-20)22-8-6-18(30)14-26(22)34(28)12-11-33(27)25(21)13-17/h9-10,17-20,25-26,31-32,37-38H,1-2,11-16,21-24,27-28H2,3-8H3,(H,51,59)(H,52,60);5-8,13-14,19-20,31-32H,1-4,9-12,15-16H2/t31-,32?,37-,38-;19-,20-/m00/s1. The van der Waals surface area contributed by atoms with Gasteiger partial charge in [0.25, 0.3) is 0 Å². The van der Waals surface area contributed by atoms with Crippen molar-refractivity contribution < 1.29 is 46.2 Å².